The summed E-state index contributed by atoms with van der Waals surface area (Å²) < 4.78 is 26.0. The lowest BCUT2D eigenvalue weighted by Gasteiger charge is -2.26. The Labute approximate surface area is 187 Å². The summed E-state index contributed by atoms with van der Waals surface area (Å²) in [5, 5.41) is 11.2. The molecule has 0 bridgehead atoms. The molecule has 2 saturated carbocycles. The summed E-state index contributed by atoms with van der Waals surface area (Å²) in [6, 6.07) is 10.1. The fourth-order valence-corrected chi connectivity index (χ4v) is 4.77. The molecule has 1 aromatic carbocycles. The van der Waals surface area contributed by atoms with Crippen molar-refractivity contribution in [2.24, 2.45) is 5.73 Å². The van der Waals surface area contributed by atoms with Crippen molar-refractivity contribution in [3.63, 3.8) is 0 Å². The minimum Gasteiger partial charge on any atom is -0.373 e. The van der Waals surface area contributed by atoms with Crippen LogP contribution in [0.4, 0.5) is 23.0 Å². The first kappa shape index (κ1) is 21.0. The molecule has 2 fully saturated rings. The highest BCUT2D eigenvalue weighted by atomic mass is 32.2. The van der Waals surface area contributed by atoms with E-state index in [9.17, 15) is 8.42 Å². The molecule has 2 aliphatic rings. The maximum absolute atomic E-state index is 12.1. The molecular weight excluding hydrogens is 426 g/mol. The predicted octanol–water partition coefficient (Wildman–Crippen LogP) is 2.52. The lowest BCUT2D eigenvalue weighted by Crippen LogP contribution is -2.37. The Bertz CT molecular complexity index is 1260. The van der Waals surface area contributed by atoms with E-state index in [1.54, 1.807) is 10.7 Å². The molecule has 0 amide bonds. The van der Waals surface area contributed by atoms with Crippen LogP contribution in [0, 0.1) is 0 Å². The second-order valence-corrected chi connectivity index (χ2v) is 11.4. The van der Waals surface area contributed by atoms with Crippen LogP contribution >= 0.6 is 0 Å². The normalized spacial score (nSPS) is 17.3. The van der Waals surface area contributed by atoms with Crippen molar-refractivity contribution in [2.45, 2.75) is 43.0 Å². The number of likely N-dealkylation sites (N-methyl/N-ethyl adjacent to an activating group) is 1. The molecule has 10 heteroatoms. The van der Waals surface area contributed by atoms with Gasteiger partial charge in [0.2, 0.25) is 0 Å². The third-order valence-electron chi connectivity index (χ3n) is 5.91. The molecular formula is C22H29N7O2S. The van der Waals surface area contributed by atoms with Crippen LogP contribution in [-0.2, 0) is 15.6 Å². The Morgan fingerprint density at radius 3 is 2.72 bits per heavy atom. The third kappa shape index (κ3) is 4.81. The van der Waals surface area contributed by atoms with E-state index in [-0.39, 0.29) is 11.3 Å². The van der Waals surface area contributed by atoms with E-state index in [2.05, 4.69) is 25.6 Å². The Balaban J connectivity index is 1.45. The molecule has 0 unspecified atom stereocenters. The van der Waals surface area contributed by atoms with Crippen LogP contribution in [0.2, 0.25) is 0 Å². The molecule has 9 nitrogen and oxygen atoms in total. The summed E-state index contributed by atoms with van der Waals surface area (Å²) in [7, 11) is -1.24. The molecule has 4 N–H and O–H groups in total. The second kappa shape index (κ2) is 7.63. The van der Waals surface area contributed by atoms with Gasteiger partial charge >= 0.3 is 0 Å². The molecule has 170 valence electrons. The van der Waals surface area contributed by atoms with E-state index in [1.807, 2.05) is 37.4 Å². The largest absolute Gasteiger partial charge is 0.373 e. The predicted molar refractivity (Wildman–Crippen MR) is 127 cm³/mol. The van der Waals surface area contributed by atoms with Gasteiger partial charge in [-0.2, -0.15) is 9.61 Å². The van der Waals surface area contributed by atoms with Crippen LogP contribution in [0.1, 0.15) is 31.2 Å². The minimum absolute atomic E-state index is 0.0384. The molecule has 5 rings (SSSR count). The van der Waals surface area contributed by atoms with Crippen LogP contribution < -0.4 is 21.3 Å². The van der Waals surface area contributed by atoms with Crippen LogP contribution in [0.5, 0.6) is 0 Å². The number of nitrogens with zero attached hydrogens (tertiary/aromatic N) is 4. The van der Waals surface area contributed by atoms with E-state index < -0.39 is 9.84 Å². The molecule has 32 heavy (non-hydrogen) atoms. The van der Waals surface area contributed by atoms with Gasteiger partial charge in [0.15, 0.2) is 15.5 Å². The van der Waals surface area contributed by atoms with Gasteiger partial charge < -0.3 is 21.3 Å². The minimum atomic E-state index is -3.21. The Kier molecular flexibility index (Phi) is 5.01. The number of nitrogens with two attached hydrogens (primary N) is 1. The van der Waals surface area contributed by atoms with Gasteiger partial charge in [-0.3, -0.25) is 0 Å². The number of sulfone groups is 1. The van der Waals surface area contributed by atoms with Crippen molar-refractivity contribution in [2.75, 3.05) is 35.4 Å². The first-order chi connectivity index (χ1) is 15.2. The number of benzene rings is 1. The lowest BCUT2D eigenvalue weighted by atomic mass is 10.1. The Morgan fingerprint density at radius 2 is 2.03 bits per heavy atom. The van der Waals surface area contributed by atoms with Gasteiger partial charge in [0.25, 0.3) is 0 Å². The number of rotatable bonds is 9. The molecule has 2 aliphatic carbocycles. The fourth-order valence-electron chi connectivity index (χ4n) is 3.97. The molecule has 0 aliphatic heterocycles. The Morgan fingerprint density at radius 1 is 1.25 bits per heavy atom. The van der Waals surface area contributed by atoms with E-state index in [1.165, 1.54) is 6.26 Å². The maximum atomic E-state index is 12.1. The summed E-state index contributed by atoms with van der Waals surface area (Å²) >= 11 is 0. The molecule has 0 saturated heterocycles. The number of aromatic nitrogens is 3. The first-order valence-corrected chi connectivity index (χ1v) is 12.9. The molecule has 2 aromatic heterocycles. The number of fused-ring (bicyclic) bond motifs is 1. The summed E-state index contributed by atoms with van der Waals surface area (Å²) in [5.74, 6) is 1.52. The lowest BCUT2D eigenvalue weighted by molar-refractivity contribution is 0.601. The summed E-state index contributed by atoms with van der Waals surface area (Å²) in [5.41, 5.74) is 9.27. The van der Waals surface area contributed by atoms with Gasteiger partial charge in [-0.05, 0) is 49.4 Å². The van der Waals surface area contributed by atoms with Crippen LogP contribution in [0.25, 0.3) is 5.65 Å². The maximum Gasteiger partial charge on any atom is 0.159 e. The van der Waals surface area contributed by atoms with Crippen molar-refractivity contribution >= 4 is 38.5 Å². The van der Waals surface area contributed by atoms with Crippen LogP contribution in [-0.4, -0.2) is 54.4 Å². The van der Waals surface area contributed by atoms with Gasteiger partial charge in [0, 0.05) is 54.9 Å². The highest BCUT2D eigenvalue weighted by molar-refractivity contribution is 7.89. The average Bonchev–Trinajstić information content (AvgIpc) is 3.60. The standard InChI is InChI=1S/C22H29N7O2S/c1-28(14-22(23)8-9-22)18-6-5-17(11-15(18)13-32(2,30)31)25-19-12-21(26-16-3-4-16)29-20(27-19)7-10-24-29/h5-7,10-12,16,26H,3-4,8-9,13-14,23H2,1-2H3,(H,25,27). The van der Waals surface area contributed by atoms with E-state index in [0.29, 0.717) is 18.4 Å². The SMILES string of the molecule is CN(CC1(N)CC1)c1ccc(Nc2cc(NC3CC3)n3nccc3n2)cc1CS(C)(=O)=O. The van der Waals surface area contributed by atoms with E-state index >= 15 is 0 Å². The number of anilines is 4. The number of hydrogen-bond donors (Lipinski definition) is 3. The molecule has 2 heterocycles. The molecule has 3 aromatic rings. The second-order valence-electron chi connectivity index (χ2n) is 9.30. The third-order valence-corrected chi connectivity index (χ3v) is 6.75. The van der Waals surface area contributed by atoms with Crippen molar-refractivity contribution in [1.29, 1.82) is 0 Å². The van der Waals surface area contributed by atoms with Crippen LogP contribution in [0.15, 0.2) is 36.5 Å². The summed E-state index contributed by atoms with van der Waals surface area (Å²) in [6.45, 7) is 0.701. The first-order valence-electron chi connectivity index (χ1n) is 10.9. The zero-order valence-corrected chi connectivity index (χ0v) is 19.2. The number of hydrogen-bond acceptors (Lipinski definition) is 8. The zero-order valence-electron chi connectivity index (χ0n) is 18.4. The van der Waals surface area contributed by atoms with Crippen molar-refractivity contribution < 1.29 is 8.42 Å². The summed E-state index contributed by atoms with van der Waals surface area (Å²) in [4.78, 5) is 6.70. The highest BCUT2D eigenvalue weighted by Crippen LogP contribution is 2.35. The summed E-state index contributed by atoms with van der Waals surface area (Å²) in [6.07, 6.45) is 7.29. The Hall–Kier alpha value is -2.85. The van der Waals surface area contributed by atoms with Crippen molar-refractivity contribution in [3.05, 3.63) is 42.1 Å². The monoisotopic (exact) mass is 455 g/mol. The molecule has 0 atom stereocenters. The van der Waals surface area contributed by atoms with E-state index in [0.717, 1.165) is 54.1 Å². The quantitative estimate of drug-likeness (QED) is 0.451. The number of nitrogens with one attached hydrogen (secondary N) is 2. The van der Waals surface area contributed by atoms with E-state index in [4.69, 9.17) is 5.73 Å². The highest BCUT2D eigenvalue weighted by Gasteiger charge is 2.39. The molecule has 0 radical (unpaired) electrons. The van der Waals surface area contributed by atoms with Gasteiger partial charge in [0.05, 0.1) is 11.9 Å². The van der Waals surface area contributed by atoms with Crippen molar-refractivity contribution in [3.8, 4) is 0 Å². The topological polar surface area (TPSA) is 118 Å². The van der Waals surface area contributed by atoms with Crippen LogP contribution in [0.3, 0.4) is 0 Å². The fraction of sp³-hybridized carbons (Fsp3) is 0.455. The van der Waals surface area contributed by atoms with Gasteiger partial charge in [-0.1, -0.05) is 0 Å². The van der Waals surface area contributed by atoms with Gasteiger partial charge in [0.1, 0.15) is 11.6 Å². The zero-order chi connectivity index (χ0) is 22.5. The van der Waals surface area contributed by atoms with Gasteiger partial charge in [-0.25, -0.2) is 13.4 Å². The molecule has 0 spiro atoms. The van der Waals surface area contributed by atoms with Gasteiger partial charge in [-0.15, -0.1) is 0 Å². The average molecular weight is 456 g/mol. The van der Waals surface area contributed by atoms with Crippen molar-refractivity contribution in [1.82, 2.24) is 14.6 Å². The smallest absolute Gasteiger partial charge is 0.159 e.